The number of carbonyl (C=O) groups excluding carboxylic acids is 2. The van der Waals surface area contributed by atoms with Crippen LogP contribution in [0.1, 0.15) is 52.4 Å². The second-order valence-corrected chi connectivity index (χ2v) is 5.34. The number of hydrogen-bond acceptors (Lipinski definition) is 3. The van der Waals surface area contributed by atoms with Gasteiger partial charge in [0.1, 0.15) is 6.29 Å². The van der Waals surface area contributed by atoms with Crippen molar-refractivity contribution in [2.75, 3.05) is 6.61 Å². The van der Waals surface area contributed by atoms with Crippen LogP contribution in [0, 0.1) is 17.8 Å². The molecule has 0 N–H and O–H groups in total. The largest absolute Gasteiger partial charge is 0.466 e. The molecule has 0 saturated heterocycles. The molecule has 98 valence electrons. The Labute approximate surface area is 104 Å². The van der Waals surface area contributed by atoms with Crippen LogP contribution in [-0.4, -0.2) is 18.9 Å². The Balaban J connectivity index is 2.03. The van der Waals surface area contributed by atoms with E-state index < -0.39 is 0 Å². The van der Waals surface area contributed by atoms with Gasteiger partial charge in [0.2, 0.25) is 0 Å². The summed E-state index contributed by atoms with van der Waals surface area (Å²) in [4.78, 5) is 21.1. The molecule has 0 radical (unpaired) electrons. The normalized spacial score (nSPS) is 24.8. The molecule has 1 rings (SSSR count). The van der Waals surface area contributed by atoms with Gasteiger partial charge < -0.3 is 9.53 Å². The second-order valence-electron chi connectivity index (χ2n) is 5.34. The molecule has 0 aromatic heterocycles. The summed E-state index contributed by atoms with van der Waals surface area (Å²) in [5, 5.41) is 0. The van der Waals surface area contributed by atoms with Crippen molar-refractivity contribution in [2.45, 2.75) is 52.4 Å². The Hall–Kier alpha value is -0.860. The topological polar surface area (TPSA) is 43.4 Å². The van der Waals surface area contributed by atoms with Crippen molar-refractivity contribution in [3.63, 3.8) is 0 Å². The van der Waals surface area contributed by atoms with Gasteiger partial charge in [0.15, 0.2) is 0 Å². The highest BCUT2D eigenvalue weighted by molar-refractivity contribution is 5.65. The first-order chi connectivity index (χ1) is 8.13. The molecule has 3 nitrogen and oxygen atoms in total. The molecule has 0 aromatic rings. The fraction of sp³-hybridized carbons (Fsp3) is 0.857. The molecule has 0 aromatic carbocycles. The molecule has 1 saturated carbocycles. The highest BCUT2D eigenvalue weighted by Crippen LogP contribution is 2.39. The van der Waals surface area contributed by atoms with Crippen LogP contribution in [0.5, 0.6) is 0 Å². The molecule has 0 spiro atoms. The summed E-state index contributed by atoms with van der Waals surface area (Å²) in [7, 11) is 0. The standard InChI is InChI=1S/C14H24O3/c1-11(10-17-12(2)16)4-3-5-13-6-7-14(13)8-9-15/h9,11,13-14H,3-8,10H2,1-2H3/t11-,13-,14-/m0/s1. The number of esters is 1. The van der Waals surface area contributed by atoms with Gasteiger partial charge in [0.25, 0.3) is 0 Å². The van der Waals surface area contributed by atoms with Gasteiger partial charge in [-0.3, -0.25) is 4.79 Å². The van der Waals surface area contributed by atoms with Crippen LogP contribution < -0.4 is 0 Å². The predicted octanol–water partition coefficient (Wildman–Crippen LogP) is 2.97. The summed E-state index contributed by atoms with van der Waals surface area (Å²) in [6.45, 7) is 4.11. The average Bonchev–Trinajstić information content (AvgIpc) is 2.27. The molecular formula is C14H24O3. The molecule has 0 amide bonds. The van der Waals surface area contributed by atoms with E-state index in [2.05, 4.69) is 6.92 Å². The molecule has 3 heteroatoms. The van der Waals surface area contributed by atoms with Gasteiger partial charge in [-0.25, -0.2) is 0 Å². The molecule has 0 unspecified atom stereocenters. The van der Waals surface area contributed by atoms with E-state index in [0.29, 0.717) is 18.4 Å². The lowest BCUT2D eigenvalue weighted by atomic mass is 9.70. The fourth-order valence-corrected chi connectivity index (χ4v) is 2.52. The minimum atomic E-state index is -0.193. The van der Waals surface area contributed by atoms with Crippen LogP contribution in [0.4, 0.5) is 0 Å². The minimum Gasteiger partial charge on any atom is -0.466 e. The predicted molar refractivity (Wildman–Crippen MR) is 66.5 cm³/mol. The molecule has 1 fully saturated rings. The summed E-state index contributed by atoms with van der Waals surface area (Å²) in [6.07, 6.45) is 7.83. The van der Waals surface area contributed by atoms with Crippen molar-refractivity contribution in [3.05, 3.63) is 0 Å². The van der Waals surface area contributed by atoms with E-state index in [1.54, 1.807) is 0 Å². The zero-order valence-corrected chi connectivity index (χ0v) is 11.0. The monoisotopic (exact) mass is 240 g/mol. The van der Waals surface area contributed by atoms with Crippen molar-refractivity contribution in [2.24, 2.45) is 17.8 Å². The molecular weight excluding hydrogens is 216 g/mol. The van der Waals surface area contributed by atoms with E-state index in [0.717, 1.165) is 25.0 Å². The van der Waals surface area contributed by atoms with Gasteiger partial charge in [0.05, 0.1) is 6.61 Å². The first kappa shape index (κ1) is 14.2. The van der Waals surface area contributed by atoms with Crippen molar-refractivity contribution in [3.8, 4) is 0 Å². The molecule has 3 atom stereocenters. The number of ether oxygens (including phenoxy) is 1. The van der Waals surface area contributed by atoms with Crippen LogP contribution in [0.3, 0.4) is 0 Å². The van der Waals surface area contributed by atoms with Gasteiger partial charge in [-0.1, -0.05) is 19.8 Å². The third-order valence-corrected chi connectivity index (χ3v) is 3.82. The maximum absolute atomic E-state index is 10.6. The van der Waals surface area contributed by atoms with Gasteiger partial charge in [-0.2, -0.15) is 0 Å². The van der Waals surface area contributed by atoms with Gasteiger partial charge in [-0.15, -0.1) is 0 Å². The van der Waals surface area contributed by atoms with Crippen LogP contribution in [-0.2, 0) is 14.3 Å². The summed E-state index contributed by atoms with van der Waals surface area (Å²) >= 11 is 0. The summed E-state index contributed by atoms with van der Waals surface area (Å²) in [6, 6.07) is 0. The van der Waals surface area contributed by atoms with E-state index in [4.69, 9.17) is 4.74 Å². The Morgan fingerprint density at radius 3 is 2.65 bits per heavy atom. The van der Waals surface area contributed by atoms with E-state index in [-0.39, 0.29) is 5.97 Å². The van der Waals surface area contributed by atoms with E-state index in [1.807, 2.05) is 0 Å². The van der Waals surface area contributed by atoms with Gasteiger partial charge in [0, 0.05) is 13.3 Å². The Kier molecular flexibility index (Phi) is 6.23. The van der Waals surface area contributed by atoms with E-state index in [9.17, 15) is 9.59 Å². The number of hydrogen-bond donors (Lipinski definition) is 0. The summed E-state index contributed by atoms with van der Waals surface area (Å²) in [5.74, 6) is 1.67. The molecule has 17 heavy (non-hydrogen) atoms. The maximum atomic E-state index is 10.6. The molecule has 1 aliphatic carbocycles. The zero-order valence-electron chi connectivity index (χ0n) is 11.0. The Bertz CT molecular complexity index is 250. The molecule has 0 bridgehead atoms. The smallest absolute Gasteiger partial charge is 0.302 e. The number of aldehydes is 1. The van der Waals surface area contributed by atoms with Crippen LogP contribution in [0.25, 0.3) is 0 Å². The van der Waals surface area contributed by atoms with Crippen molar-refractivity contribution < 1.29 is 14.3 Å². The average molecular weight is 240 g/mol. The van der Waals surface area contributed by atoms with Crippen LogP contribution in [0.2, 0.25) is 0 Å². The first-order valence-electron chi connectivity index (χ1n) is 6.70. The Morgan fingerprint density at radius 2 is 2.12 bits per heavy atom. The van der Waals surface area contributed by atoms with Gasteiger partial charge in [-0.05, 0) is 37.0 Å². The second kappa shape index (κ2) is 7.46. The van der Waals surface area contributed by atoms with Crippen molar-refractivity contribution >= 4 is 12.3 Å². The lowest BCUT2D eigenvalue weighted by Crippen LogP contribution is -2.26. The van der Waals surface area contributed by atoms with Gasteiger partial charge >= 0.3 is 5.97 Å². The molecule has 0 aliphatic heterocycles. The number of carbonyl (C=O) groups is 2. The van der Waals surface area contributed by atoms with E-state index in [1.165, 1.54) is 32.6 Å². The SMILES string of the molecule is CC(=O)OC[C@@H](C)CCC[C@H]1CC[C@H]1CC=O. The first-order valence-corrected chi connectivity index (χ1v) is 6.70. The maximum Gasteiger partial charge on any atom is 0.302 e. The third kappa shape index (κ3) is 5.33. The summed E-state index contributed by atoms with van der Waals surface area (Å²) < 4.78 is 4.98. The lowest BCUT2D eigenvalue weighted by molar-refractivity contribution is -0.142. The molecule has 0 heterocycles. The van der Waals surface area contributed by atoms with Crippen molar-refractivity contribution in [1.29, 1.82) is 0 Å². The lowest BCUT2D eigenvalue weighted by Gasteiger charge is -2.35. The van der Waals surface area contributed by atoms with Crippen LogP contribution in [0.15, 0.2) is 0 Å². The fourth-order valence-electron chi connectivity index (χ4n) is 2.52. The third-order valence-electron chi connectivity index (χ3n) is 3.82. The summed E-state index contributed by atoms with van der Waals surface area (Å²) in [5.41, 5.74) is 0. The van der Waals surface area contributed by atoms with Crippen molar-refractivity contribution in [1.82, 2.24) is 0 Å². The zero-order chi connectivity index (χ0) is 12.7. The highest BCUT2D eigenvalue weighted by Gasteiger charge is 2.29. The quantitative estimate of drug-likeness (QED) is 0.484. The Morgan fingerprint density at radius 1 is 1.41 bits per heavy atom. The highest BCUT2D eigenvalue weighted by atomic mass is 16.5. The number of rotatable bonds is 8. The molecule has 1 aliphatic rings. The van der Waals surface area contributed by atoms with E-state index >= 15 is 0 Å². The van der Waals surface area contributed by atoms with Crippen LogP contribution >= 0.6 is 0 Å². The minimum absolute atomic E-state index is 0.193.